The molecule has 0 radical (unpaired) electrons. The number of hydrogen-bond acceptors (Lipinski definition) is 5. The van der Waals surface area contributed by atoms with E-state index in [4.69, 9.17) is 9.78 Å². The van der Waals surface area contributed by atoms with Crippen molar-refractivity contribution < 1.29 is 4.52 Å². The predicted molar refractivity (Wildman–Crippen MR) is 71.7 cm³/mol. The normalized spacial score (nSPS) is 10.2. The third-order valence-electron chi connectivity index (χ3n) is 2.98. The molecule has 0 unspecified atom stereocenters. The predicted octanol–water partition coefficient (Wildman–Crippen LogP) is 2.60. The molecule has 1 N–H and O–H groups in total. The van der Waals surface area contributed by atoms with Crippen LogP contribution in [0.2, 0.25) is 0 Å². The fourth-order valence-corrected chi connectivity index (χ4v) is 1.91. The molecular formula is C14H16N4O. The Balaban J connectivity index is 1.79. The van der Waals surface area contributed by atoms with Crippen molar-refractivity contribution in [3.8, 4) is 6.07 Å². The van der Waals surface area contributed by atoms with Crippen molar-refractivity contribution in [1.29, 1.82) is 5.26 Å². The van der Waals surface area contributed by atoms with Gasteiger partial charge in [-0.25, -0.2) is 4.98 Å². The summed E-state index contributed by atoms with van der Waals surface area (Å²) in [5, 5.41) is 15.8. The number of nitriles is 1. The summed E-state index contributed by atoms with van der Waals surface area (Å²) in [6.45, 7) is 4.72. The number of nitrogens with zero attached hydrogens (tertiary/aromatic N) is 3. The second kappa shape index (κ2) is 6.01. The van der Waals surface area contributed by atoms with Crippen molar-refractivity contribution in [3.05, 3.63) is 40.9 Å². The summed E-state index contributed by atoms with van der Waals surface area (Å²) in [7, 11) is 0. The minimum atomic E-state index is 0.571. The van der Waals surface area contributed by atoms with Crippen molar-refractivity contribution in [3.63, 3.8) is 0 Å². The van der Waals surface area contributed by atoms with Crippen LogP contribution in [0.4, 0.5) is 5.82 Å². The molecule has 0 bridgehead atoms. The average molecular weight is 256 g/mol. The highest BCUT2D eigenvalue weighted by molar-refractivity contribution is 5.38. The van der Waals surface area contributed by atoms with Gasteiger partial charge >= 0.3 is 0 Å². The first kappa shape index (κ1) is 13.1. The lowest BCUT2D eigenvalue weighted by molar-refractivity contribution is 0.392. The minimum absolute atomic E-state index is 0.571. The summed E-state index contributed by atoms with van der Waals surface area (Å²) in [6.07, 6.45) is 3.48. The third kappa shape index (κ3) is 3.32. The third-order valence-corrected chi connectivity index (χ3v) is 2.98. The van der Waals surface area contributed by atoms with E-state index in [-0.39, 0.29) is 0 Å². The molecular weight excluding hydrogens is 240 g/mol. The van der Waals surface area contributed by atoms with Gasteiger partial charge in [0, 0.05) is 18.3 Å². The number of pyridine rings is 1. The topological polar surface area (TPSA) is 74.7 Å². The lowest BCUT2D eigenvalue weighted by Crippen LogP contribution is -2.05. The summed E-state index contributed by atoms with van der Waals surface area (Å²) < 4.78 is 5.12. The van der Waals surface area contributed by atoms with E-state index < -0.39 is 0 Å². The Morgan fingerprint density at radius 1 is 1.37 bits per heavy atom. The minimum Gasteiger partial charge on any atom is -0.370 e. The van der Waals surface area contributed by atoms with E-state index in [9.17, 15) is 0 Å². The second-order valence-corrected chi connectivity index (χ2v) is 4.38. The second-order valence-electron chi connectivity index (χ2n) is 4.38. The SMILES string of the molecule is Cc1noc(C)c1CCCNc1ccc(C#N)cn1. The van der Waals surface area contributed by atoms with Gasteiger partial charge in [0.1, 0.15) is 17.6 Å². The van der Waals surface area contributed by atoms with Crippen LogP contribution in [0.25, 0.3) is 0 Å². The molecule has 2 rings (SSSR count). The molecule has 19 heavy (non-hydrogen) atoms. The van der Waals surface area contributed by atoms with Gasteiger partial charge in [0.25, 0.3) is 0 Å². The van der Waals surface area contributed by atoms with Crippen LogP contribution in [0.5, 0.6) is 0 Å². The Labute approximate surface area is 112 Å². The molecule has 0 fully saturated rings. The molecule has 0 aliphatic heterocycles. The molecule has 0 amide bonds. The molecule has 0 aliphatic rings. The molecule has 2 aromatic rings. The molecule has 2 aromatic heterocycles. The van der Waals surface area contributed by atoms with Crippen molar-refractivity contribution in [2.24, 2.45) is 0 Å². The molecule has 0 saturated heterocycles. The molecule has 98 valence electrons. The van der Waals surface area contributed by atoms with Crippen molar-refractivity contribution in [2.45, 2.75) is 26.7 Å². The highest BCUT2D eigenvalue weighted by Gasteiger charge is 2.07. The lowest BCUT2D eigenvalue weighted by atomic mass is 10.1. The van der Waals surface area contributed by atoms with Crippen LogP contribution in [-0.4, -0.2) is 16.7 Å². The van der Waals surface area contributed by atoms with Crippen LogP contribution in [0.15, 0.2) is 22.9 Å². The number of aromatic nitrogens is 2. The number of nitrogens with one attached hydrogen (secondary N) is 1. The van der Waals surface area contributed by atoms with E-state index in [1.165, 1.54) is 5.56 Å². The van der Waals surface area contributed by atoms with Gasteiger partial charge in [0.15, 0.2) is 0 Å². The van der Waals surface area contributed by atoms with E-state index in [0.717, 1.165) is 36.7 Å². The maximum atomic E-state index is 8.68. The van der Waals surface area contributed by atoms with E-state index in [1.807, 2.05) is 26.0 Å². The highest BCUT2D eigenvalue weighted by atomic mass is 16.5. The molecule has 0 spiro atoms. The Hall–Kier alpha value is -2.35. The molecule has 5 heteroatoms. The van der Waals surface area contributed by atoms with Crippen LogP contribution >= 0.6 is 0 Å². The Morgan fingerprint density at radius 2 is 2.21 bits per heavy atom. The number of rotatable bonds is 5. The first-order valence-electron chi connectivity index (χ1n) is 6.22. The van der Waals surface area contributed by atoms with Crippen molar-refractivity contribution >= 4 is 5.82 Å². The maximum absolute atomic E-state index is 8.68. The zero-order valence-electron chi connectivity index (χ0n) is 11.1. The molecule has 0 saturated carbocycles. The number of hydrogen-bond donors (Lipinski definition) is 1. The van der Waals surface area contributed by atoms with Gasteiger partial charge in [-0.05, 0) is 38.8 Å². The zero-order chi connectivity index (χ0) is 13.7. The quantitative estimate of drug-likeness (QED) is 0.832. The lowest BCUT2D eigenvalue weighted by Gasteiger charge is -2.05. The number of aryl methyl sites for hydroxylation is 2. The molecule has 0 atom stereocenters. The summed E-state index contributed by atoms with van der Waals surface area (Å²) in [4.78, 5) is 4.15. The number of anilines is 1. The van der Waals surface area contributed by atoms with Crippen molar-refractivity contribution in [1.82, 2.24) is 10.1 Å². The average Bonchev–Trinajstić information content (AvgIpc) is 2.75. The molecule has 0 aliphatic carbocycles. The summed E-state index contributed by atoms with van der Waals surface area (Å²) >= 11 is 0. The standard InChI is InChI=1S/C14H16N4O/c1-10-13(11(2)19-18-10)4-3-7-16-14-6-5-12(8-15)9-17-14/h5-6,9H,3-4,7H2,1-2H3,(H,16,17). The van der Waals surface area contributed by atoms with Crippen LogP contribution in [0.1, 0.15) is 29.0 Å². The first-order chi connectivity index (χ1) is 9.20. The Kier molecular flexibility index (Phi) is 4.14. The first-order valence-corrected chi connectivity index (χ1v) is 6.22. The van der Waals surface area contributed by atoms with Gasteiger partial charge in [-0.2, -0.15) is 5.26 Å². The smallest absolute Gasteiger partial charge is 0.137 e. The van der Waals surface area contributed by atoms with E-state index in [2.05, 4.69) is 15.5 Å². The van der Waals surface area contributed by atoms with E-state index in [0.29, 0.717) is 5.56 Å². The fourth-order valence-electron chi connectivity index (χ4n) is 1.91. The monoisotopic (exact) mass is 256 g/mol. The Morgan fingerprint density at radius 3 is 2.79 bits per heavy atom. The van der Waals surface area contributed by atoms with Gasteiger partial charge in [-0.15, -0.1) is 0 Å². The summed E-state index contributed by atoms with van der Waals surface area (Å²) in [5.74, 6) is 1.69. The maximum Gasteiger partial charge on any atom is 0.137 e. The van der Waals surface area contributed by atoms with Gasteiger partial charge < -0.3 is 9.84 Å². The van der Waals surface area contributed by atoms with Crippen LogP contribution in [0.3, 0.4) is 0 Å². The Bertz CT molecular complexity index is 561. The van der Waals surface area contributed by atoms with E-state index in [1.54, 1.807) is 12.3 Å². The van der Waals surface area contributed by atoms with Crippen molar-refractivity contribution in [2.75, 3.05) is 11.9 Å². The van der Waals surface area contributed by atoms with Crippen LogP contribution in [-0.2, 0) is 6.42 Å². The van der Waals surface area contributed by atoms with Gasteiger partial charge in [-0.1, -0.05) is 5.16 Å². The summed E-state index contributed by atoms with van der Waals surface area (Å²) in [5.41, 5.74) is 2.73. The van der Waals surface area contributed by atoms with Crippen LogP contribution < -0.4 is 5.32 Å². The van der Waals surface area contributed by atoms with Gasteiger partial charge in [-0.3, -0.25) is 0 Å². The molecule has 5 nitrogen and oxygen atoms in total. The largest absolute Gasteiger partial charge is 0.370 e. The summed E-state index contributed by atoms with van der Waals surface area (Å²) in [6, 6.07) is 5.61. The van der Waals surface area contributed by atoms with Crippen LogP contribution in [0, 0.1) is 25.2 Å². The van der Waals surface area contributed by atoms with E-state index >= 15 is 0 Å². The van der Waals surface area contributed by atoms with Gasteiger partial charge in [0.05, 0.1) is 11.3 Å². The fraction of sp³-hybridized carbons (Fsp3) is 0.357. The molecule has 0 aromatic carbocycles. The highest BCUT2D eigenvalue weighted by Crippen LogP contribution is 2.14. The van der Waals surface area contributed by atoms with Gasteiger partial charge in [0.2, 0.25) is 0 Å². The zero-order valence-corrected chi connectivity index (χ0v) is 11.1. The molecule has 2 heterocycles.